The van der Waals surface area contributed by atoms with Crippen LogP contribution in [0.3, 0.4) is 0 Å². The van der Waals surface area contributed by atoms with Crippen LogP contribution in [0.25, 0.3) is 0 Å². The Labute approximate surface area is 103 Å². The number of rotatable bonds is 8. The molecule has 1 aromatic rings. The van der Waals surface area contributed by atoms with Crippen molar-refractivity contribution in [1.29, 1.82) is 0 Å². The third-order valence-electron chi connectivity index (χ3n) is 2.61. The average Bonchev–Trinajstić information content (AvgIpc) is 2.33. The van der Waals surface area contributed by atoms with E-state index in [1.165, 1.54) is 0 Å². The second-order valence-corrected chi connectivity index (χ2v) is 3.93. The van der Waals surface area contributed by atoms with Gasteiger partial charge in [-0.3, -0.25) is 0 Å². The van der Waals surface area contributed by atoms with E-state index in [9.17, 15) is 0 Å². The van der Waals surface area contributed by atoms with Crippen LogP contribution in [0.15, 0.2) is 24.3 Å². The molecule has 0 atom stereocenters. The Bertz CT molecular complexity index is 318. The highest BCUT2D eigenvalue weighted by molar-refractivity contribution is 5.43. The molecule has 0 heterocycles. The predicted molar refractivity (Wildman–Crippen MR) is 70.2 cm³/mol. The van der Waals surface area contributed by atoms with Gasteiger partial charge in [-0.15, -0.1) is 0 Å². The SMILES string of the molecule is CCN(CCCO)CCOc1cccc(N)c1. The molecule has 1 aromatic carbocycles. The molecule has 0 saturated heterocycles. The van der Waals surface area contributed by atoms with Crippen LogP contribution in [0.4, 0.5) is 5.69 Å². The number of nitrogens with two attached hydrogens (primary N) is 1. The van der Waals surface area contributed by atoms with Crippen molar-refractivity contribution in [2.75, 3.05) is 38.6 Å². The van der Waals surface area contributed by atoms with E-state index in [-0.39, 0.29) is 6.61 Å². The molecule has 4 nitrogen and oxygen atoms in total. The Balaban J connectivity index is 2.26. The molecule has 3 N–H and O–H groups in total. The summed E-state index contributed by atoms with van der Waals surface area (Å²) in [4.78, 5) is 2.25. The van der Waals surface area contributed by atoms with E-state index < -0.39 is 0 Å². The summed E-state index contributed by atoms with van der Waals surface area (Å²) in [6.45, 7) is 5.74. The first-order valence-electron chi connectivity index (χ1n) is 6.07. The standard InChI is InChI=1S/C13H22N2O2/c1-2-15(7-4-9-16)8-10-17-13-6-3-5-12(14)11-13/h3,5-6,11,16H,2,4,7-10,14H2,1H3. The number of aliphatic hydroxyl groups is 1. The molecule has 0 aliphatic carbocycles. The number of ether oxygens (including phenoxy) is 1. The summed E-state index contributed by atoms with van der Waals surface area (Å²) in [5.74, 6) is 0.809. The topological polar surface area (TPSA) is 58.7 Å². The molecule has 0 aliphatic rings. The van der Waals surface area contributed by atoms with Crippen LogP contribution in [0, 0.1) is 0 Å². The maximum absolute atomic E-state index is 8.77. The van der Waals surface area contributed by atoms with Gasteiger partial charge in [0.15, 0.2) is 0 Å². The van der Waals surface area contributed by atoms with E-state index in [1.54, 1.807) is 0 Å². The normalized spacial score (nSPS) is 10.8. The monoisotopic (exact) mass is 238 g/mol. The molecule has 0 saturated carbocycles. The van der Waals surface area contributed by atoms with Crippen LogP contribution in [-0.2, 0) is 0 Å². The van der Waals surface area contributed by atoms with Crippen molar-refractivity contribution >= 4 is 5.69 Å². The first kappa shape index (κ1) is 13.8. The summed E-state index contributed by atoms with van der Waals surface area (Å²) in [5, 5.41) is 8.77. The minimum atomic E-state index is 0.243. The lowest BCUT2D eigenvalue weighted by Crippen LogP contribution is -2.29. The van der Waals surface area contributed by atoms with Crippen LogP contribution in [0.2, 0.25) is 0 Å². The zero-order valence-electron chi connectivity index (χ0n) is 10.4. The van der Waals surface area contributed by atoms with Gasteiger partial charge in [0.05, 0.1) is 0 Å². The number of benzene rings is 1. The fourth-order valence-corrected chi connectivity index (χ4v) is 1.62. The molecule has 17 heavy (non-hydrogen) atoms. The fraction of sp³-hybridized carbons (Fsp3) is 0.538. The highest BCUT2D eigenvalue weighted by Crippen LogP contribution is 2.14. The van der Waals surface area contributed by atoms with E-state index in [0.717, 1.165) is 37.5 Å². The molecule has 4 heteroatoms. The summed E-state index contributed by atoms with van der Waals surface area (Å²) in [5.41, 5.74) is 6.38. The van der Waals surface area contributed by atoms with E-state index in [1.807, 2.05) is 24.3 Å². The molecule has 96 valence electrons. The summed E-state index contributed by atoms with van der Waals surface area (Å²) < 4.78 is 5.61. The molecule has 0 fully saturated rings. The van der Waals surface area contributed by atoms with Gasteiger partial charge in [-0.05, 0) is 25.1 Å². The van der Waals surface area contributed by atoms with Crippen molar-refractivity contribution in [2.45, 2.75) is 13.3 Å². The molecule has 0 radical (unpaired) electrons. The van der Waals surface area contributed by atoms with Gasteiger partial charge in [0.2, 0.25) is 0 Å². The van der Waals surface area contributed by atoms with Crippen molar-refractivity contribution in [3.05, 3.63) is 24.3 Å². The summed E-state index contributed by atoms with van der Waals surface area (Å²) in [7, 11) is 0. The van der Waals surface area contributed by atoms with Gasteiger partial charge >= 0.3 is 0 Å². The van der Waals surface area contributed by atoms with Gasteiger partial charge in [-0.1, -0.05) is 13.0 Å². The smallest absolute Gasteiger partial charge is 0.121 e. The lowest BCUT2D eigenvalue weighted by atomic mass is 10.3. The van der Waals surface area contributed by atoms with E-state index >= 15 is 0 Å². The minimum Gasteiger partial charge on any atom is -0.492 e. The highest BCUT2D eigenvalue weighted by atomic mass is 16.5. The molecule has 1 rings (SSSR count). The number of hydrogen-bond acceptors (Lipinski definition) is 4. The minimum absolute atomic E-state index is 0.243. The van der Waals surface area contributed by atoms with E-state index in [0.29, 0.717) is 6.61 Å². The highest BCUT2D eigenvalue weighted by Gasteiger charge is 2.02. The summed E-state index contributed by atoms with van der Waals surface area (Å²) >= 11 is 0. The van der Waals surface area contributed by atoms with Gasteiger partial charge < -0.3 is 20.5 Å². The molecule has 0 spiro atoms. The van der Waals surface area contributed by atoms with Crippen LogP contribution >= 0.6 is 0 Å². The molecular formula is C13H22N2O2. The zero-order chi connectivity index (χ0) is 12.5. The van der Waals surface area contributed by atoms with Gasteiger partial charge in [0.25, 0.3) is 0 Å². The lowest BCUT2D eigenvalue weighted by molar-refractivity contribution is 0.195. The maximum atomic E-state index is 8.77. The fourth-order valence-electron chi connectivity index (χ4n) is 1.62. The average molecular weight is 238 g/mol. The second-order valence-electron chi connectivity index (χ2n) is 3.93. The number of nitrogens with zero attached hydrogens (tertiary/aromatic N) is 1. The Morgan fingerprint density at radius 2 is 2.18 bits per heavy atom. The quantitative estimate of drug-likeness (QED) is 0.671. The largest absolute Gasteiger partial charge is 0.492 e. The lowest BCUT2D eigenvalue weighted by Gasteiger charge is -2.19. The third kappa shape index (κ3) is 5.56. The molecule has 0 aliphatic heterocycles. The zero-order valence-corrected chi connectivity index (χ0v) is 10.4. The summed E-state index contributed by atoms with van der Waals surface area (Å²) in [6, 6.07) is 7.45. The number of aliphatic hydroxyl groups excluding tert-OH is 1. The van der Waals surface area contributed by atoms with Crippen LogP contribution in [0.5, 0.6) is 5.75 Å². The van der Waals surface area contributed by atoms with E-state index in [4.69, 9.17) is 15.6 Å². The van der Waals surface area contributed by atoms with Gasteiger partial charge in [-0.25, -0.2) is 0 Å². The van der Waals surface area contributed by atoms with Crippen molar-refractivity contribution in [3.8, 4) is 5.75 Å². The van der Waals surface area contributed by atoms with E-state index in [2.05, 4.69) is 11.8 Å². The number of hydrogen-bond donors (Lipinski definition) is 2. The van der Waals surface area contributed by atoms with Crippen molar-refractivity contribution in [1.82, 2.24) is 4.90 Å². The molecular weight excluding hydrogens is 216 g/mol. The second kappa shape index (κ2) is 7.92. The van der Waals surface area contributed by atoms with Gasteiger partial charge in [0.1, 0.15) is 12.4 Å². The first-order valence-corrected chi connectivity index (χ1v) is 6.07. The molecule has 0 unspecified atom stereocenters. The Kier molecular flexibility index (Phi) is 6.43. The van der Waals surface area contributed by atoms with Crippen LogP contribution < -0.4 is 10.5 Å². The Hall–Kier alpha value is -1.26. The van der Waals surface area contributed by atoms with Crippen LogP contribution in [0.1, 0.15) is 13.3 Å². The molecule has 0 aromatic heterocycles. The molecule has 0 amide bonds. The van der Waals surface area contributed by atoms with Crippen LogP contribution in [-0.4, -0.2) is 42.9 Å². The van der Waals surface area contributed by atoms with Crippen molar-refractivity contribution in [3.63, 3.8) is 0 Å². The maximum Gasteiger partial charge on any atom is 0.121 e. The first-order chi connectivity index (χ1) is 8.26. The summed E-state index contributed by atoms with van der Waals surface area (Å²) in [6.07, 6.45) is 0.812. The molecule has 0 bridgehead atoms. The Morgan fingerprint density at radius 3 is 2.82 bits per heavy atom. The van der Waals surface area contributed by atoms with Gasteiger partial charge in [0, 0.05) is 31.5 Å². The predicted octanol–water partition coefficient (Wildman–Crippen LogP) is 1.35. The third-order valence-corrected chi connectivity index (χ3v) is 2.61. The number of anilines is 1. The number of likely N-dealkylation sites (N-methyl/N-ethyl adjacent to an activating group) is 1. The number of nitrogen functional groups attached to an aromatic ring is 1. The van der Waals surface area contributed by atoms with Gasteiger partial charge in [-0.2, -0.15) is 0 Å². The van der Waals surface area contributed by atoms with Crippen molar-refractivity contribution in [2.24, 2.45) is 0 Å². The Morgan fingerprint density at radius 1 is 1.35 bits per heavy atom. The van der Waals surface area contributed by atoms with Crippen molar-refractivity contribution < 1.29 is 9.84 Å².